The zero-order chi connectivity index (χ0) is 17.0. The van der Waals surface area contributed by atoms with Gasteiger partial charge in [-0.1, -0.05) is 31.2 Å². The second-order valence-electron chi connectivity index (χ2n) is 7.29. The monoisotopic (exact) mass is 332 g/mol. The maximum absolute atomic E-state index is 5.63. The van der Waals surface area contributed by atoms with Crippen LogP contribution in [0.4, 0.5) is 0 Å². The van der Waals surface area contributed by atoms with Crippen molar-refractivity contribution in [1.29, 1.82) is 0 Å². The summed E-state index contributed by atoms with van der Waals surface area (Å²) in [6, 6.07) is 13.8. The van der Waals surface area contributed by atoms with Crippen LogP contribution in [-0.2, 0) is 25.8 Å². The van der Waals surface area contributed by atoms with Gasteiger partial charge in [-0.3, -0.25) is 4.90 Å². The number of aryl methyl sites for hydroxylation is 1. The number of methoxy groups -OCH3 is 1. The van der Waals surface area contributed by atoms with Crippen LogP contribution in [-0.4, -0.2) is 23.5 Å². The van der Waals surface area contributed by atoms with Crippen molar-refractivity contribution < 1.29 is 4.74 Å². The second kappa shape index (κ2) is 5.63. The number of benzene rings is 2. The second-order valence-corrected chi connectivity index (χ2v) is 7.29. The Hall–Kier alpha value is -2.26. The van der Waals surface area contributed by atoms with Crippen LogP contribution in [0.3, 0.4) is 0 Å². The van der Waals surface area contributed by atoms with Crippen molar-refractivity contribution in [2.75, 3.05) is 13.7 Å². The third-order valence-corrected chi connectivity index (χ3v) is 6.04. The third-order valence-electron chi connectivity index (χ3n) is 6.04. The highest BCUT2D eigenvalue weighted by Crippen LogP contribution is 2.41. The van der Waals surface area contributed by atoms with Gasteiger partial charge in [-0.05, 0) is 53.6 Å². The molecule has 0 saturated carbocycles. The molecule has 5 rings (SSSR count). The van der Waals surface area contributed by atoms with E-state index in [-0.39, 0.29) is 0 Å². The van der Waals surface area contributed by atoms with Crippen molar-refractivity contribution in [2.24, 2.45) is 0 Å². The highest BCUT2D eigenvalue weighted by molar-refractivity contribution is 5.85. The van der Waals surface area contributed by atoms with Crippen molar-refractivity contribution in [1.82, 2.24) is 9.88 Å². The van der Waals surface area contributed by atoms with Crippen LogP contribution in [0.15, 0.2) is 36.4 Å². The number of hydrogen-bond donors (Lipinski definition) is 1. The molecule has 0 radical (unpaired) electrons. The Balaban J connectivity index is 1.60. The first-order chi connectivity index (χ1) is 12.3. The van der Waals surface area contributed by atoms with Crippen LogP contribution >= 0.6 is 0 Å². The molecule has 3 aromatic rings. The molecule has 1 atom stereocenters. The van der Waals surface area contributed by atoms with E-state index < -0.39 is 0 Å². The van der Waals surface area contributed by atoms with Crippen LogP contribution < -0.4 is 4.74 Å². The first-order valence-electron chi connectivity index (χ1n) is 9.30. The standard InChI is InChI=1S/C22H24N2O/c1-3-14-10-16-13-24-9-8-18-17-6-4-5-7-19(17)23-22(18)20(24)11-15(16)12-21(14)25-2/h4-7,10,12,20,23H,3,8-9,11,13H2,1-2H3. The molecule has 25 heavy (non-hydrogen) atoms. The molecule has 1 N–H and O–H groups in total. The maximum Gasteiger partial charge on any atom is 0.122 e. The number of fused-ring (bicyclic) bond motifs is 6. The summed E-state index contributed by atoms with van der Waals surface area (Å²) in [4.78, 5) is 6.37. The average Bonchev–Trinajstić information content (AvgIpc) is 3.04. The van der Waals surface area contributed by atoms with E-state index in [2.05, 4.69) is 53.2 Å². The minimum atomic E-state index is 0.459. The molecule has 0 amide bonds. The topological polar surface area (TPSA) is 28.3 Å². The van der Waals surface area contributed by atoms with E-state index in [1.807, 2.05) is 0 Å². The quantitative estimate of drug-likeness (QED) is 0.753. The summed E-state index contributed by atoms with van der Waals surface area (Å²) >= 11 is 0. The number of nitrogens with zero attached hydrogens (tertiary/aromatic N) is 1. The van der Waals surface area contributed by atoms with Gasteiger partial charge in [0, 0.05) is 29.7 Å². The molecule has 2 aromatic carbocycles. The summed E-state index contributed by atoms with van der Waals surface area (Å²) < 4.78 is 5.63. The maximum atomic E-state index is 5.63. The molecule has 3 heteroatoms. The van der Waals surface area contributed by atoms with Crippen molar-refractivity contribution in [3.05, 3.63) is 64.3 Å². The summed E-state index contributed by atoms with van der Waals surface area (Å²) in [6.45, 7) is 4.39. The number of hydrogen-bond acceptors (Lipinski definition) is 2. The summed E-state index contributed by atoms with van der Waals surface area (Å²) in [7, 11) is 1.78. The van der Waals surface area contributed by atoms with Gasteiger partial charge in [-0.2, -0.15) is 0 Å². The molecular weight excluding hydrogens is 308 g/mol. The van der Waals surface area contributed by atoms with E-state index in [9.17, 15) is 0 Å². The van der Waals surface area contributed by atoms with Gasteiger partial charge in [0.1, 0.15) is 5.75 Å². The Kier molecular flexibility index (Phi) is 3.39. The van der Waals surface area contributed by atoms with Crippen molar-refractivity contribution in [3.63, 3.8) is 0 Å². The number of rotatable bonds is 2. The lowest BCUT2D eigenvalue weighted by Gasteiger charge is -2.40. The van der Waals surface area contributed by atoms with Gasteiger partial charge in [0.15, 0.2) is 0 Å². The SMILES string of the molecule is CCc1cc2c(cc1OC)CC1c3[nH]c4ccccc4c3CCN1C2. The van der Waals surface area contributed by atoms with E-state index in [4.69, 9.17) is 4.74 Å². The Morgan fingerprint density at radius 3 is 2.92 bits per heavy atom. The fourth-order valence-corrected chi connectivity index (χ4v) is 4.74. The minimum absolute atomic E-state index is 0.459. The smallest absolute Gasteiger partial charge is 0.122 e. The van der Waals surface area contributed by atoms with E-state index >= 15 is 0 Å². The highest BCUT2D eigenvalue weighted by Gasteiger charge is 2.34. The summed E-state index contributed by atoms with van der Waals surface area (Å²) in [5, 5.41) is 1.40. The predicted molar refractivity (Wildman–Crippen MR) is 101 cm³/mol. The van der Waals surface area contributed by atoms with Crippen LogP contribution in [0.1, 0.15) is 40.9 Å². The number of ether oxygens (including phenoxy) is 1. The zero-order valence-corrected chi connectivity index (χ0v) is 14.9. The number of para-hydroxylation sites is 1. The Morgan fingerprint density at radius 1 is 1.20 bits per heavy atom. The van der Waals surface area contributed by atoms with Gasteiger partial charge in [0.25, 0.3) is 0 Å². The summed E-state index contributed by atoms with van der Waals surface area (Å²) in [5.74, 6) is 1.04. The molecule has 3 nitrogen and oxygen atoms in total. The van der Waals surface area contributed by atoms with Crippen molar-refractivity contribution in [2.45, 2.75) is 38.8 Å². The lowest BCUT2D eigenvalue weighted by molar-refractivity contribution is 0.158. The number of H-pyrrole nitrogens is 1. The molecule has 3 heterocycles. The fraction of sp³-hybridized carbons (Fsp3) is 0.364. The molecule has 1 aromatic heterocycles. The van der Waals surface area contributed by atoms with Crippen molar-refractivity contribution in [3.8, 4) is 5.75 Å². The minimum Gasteiger partial charge on any atom is -0.496 e. The first-order valence-corrected chi connectivity index (χ1v) is 9.30. The van der Waals surface area contributed by atoms with E-state index in [0.717, 1.165) is 38.1 Å². The van der Waals surface area contributed by atoms with E-state index in [1.165, 1.54) is 38.9 Å². The molecular formula is C22H24N2O. The Morgan fingerprint density at radius 2 is 2.08 bits per heavy atom. The molecule has 1 unspecified atom stereocenters. The molecule has 128 valence electrons. The van der Waals surface area contributed by atoms with Gasteiger partial charge in [-0.25, -0.2) is 0 Å². The van der Waals surface area contributed by atoms with Crippen molar-refractivity contribution >= 4 is 10.9 Å². The van der Waals surface area contributed by atoms with Crippen LogP contribution in [0.25, 0.3) is 10.9 Å². The lowest BCUT2D eigenvalue weighted by atomic mass is 9.86. The molecule has 0 spiro atoms. The molecule has 2 aliphatic heterocycles. The van der Waals surface area contributed by atoms with E-state index in [1.54, 1.807) is 7.11 Å². The molecule has 0 bridgehead atoms. The average molecular weight is 332 g/mol. The number of aromatic amines is 1. The van der Waals surface area contributed by atoms with Gasteiger partial charge < -0.3 is 9.72 Å². The van der Waals surface area contributed by atoms with Gasteiger partial charge in [0.2, 0.25) is 0 Å². The fourth-order valence-electron chi connectivity index (χ4n) is 4.74. The largest absolute Gasteiger partial charge is 0.496 e. The van der Waals surface area contributed by atoms with Gasteiger partial charge in [0.05, 0.1) is 13.2 Å². The normalized spacial score (nSPS) is 19.4. The third kappa shape index (κ3) is 2.22. The van der Waals surface area contributed by atoms with Gasteiger partial charge in [-0.15, -0.1) is 0 Å². The highest BCUT2D eigenvalue weighted by atomic mass is 16.5. The van der Waals surface area contributed by atoms with Crippen LogP contribution in [0.5, 0.6) is 5.75 Å². The van der Waals surface area contributed by atoms with Crippen LogP contribution in [0.2, 0.25) is 0 Å². The zero-order valence-electron chi connectivity index (χ0n) is 14.9. The lowest BCUT2D eigenvalue weighted by Crippen LogP contribution is -2.39. The first kappa shape index (κ1) is 15.0. The summed E-state index contributed by atoms with van der Waals surface area (Å²) in [6.07, 6.45) is 3.23. The van der Waals surface area contributed by atoms with E-state index in [0.29, 0.717) is 6.04 Å². The Labute approximate surface area is 148 Å². The predicted octanol–water partition coefficient (Wildman–Crippen LogP) is 4.39. The molecule has 0 saturated heterocycles. The molecule has 0 aliphatic carbocycles. The summed E-state index contributed by atoms with van der Waals surface area (Å²) in [5.41, 5.74) is 8.48. The van der Waals surface area contributed by atoms with Gasteiger partial charge >= 0.3 is 0 Å². The molecule has 2 aliphatic rings. The molecule has 0 fully saturated rings. The Bertz CT molecular complexity index is 956. The number of nitrogens with one attached hydrogen (secondary N) is 1. The number of aromatic nitrogens is 1. The van der Waals surface area contributed by atoms with Crippen LogP contribution in [0, 0.1) is 0 Å².